The molecule has 0 aliphatic rings. The van der Waals surface area contributed by atoms with Gasteiger partial charge in [0.25, 0.3) is 5.91 Å². The van der Waals surface area contributed by atoms with Crippen LogP contribution in [-0.4, -0.2) is 42.5 Å². The van der Waals surface area contributed by atoms with Gasteiger partial charge >= 0.3 is 5.97 Å². The number of carbonyl (C=O) groups is 2. The van der Waals surface area contributed by atoms with E-state index in [1.165, 1.54) is 12.0 Å². The number of esters is 1. The summed E-state index contributed by atoms with van der Waals surface area (Å²) in [6.45, 7) is 1.68. The van der Waals surface area contributed by atoms with Crippen LogP contribution in [0.3, 0.4) is 0 Å². The van der Waals surface area contributed by atoms with Crippen LogP contribution in [0.1, 0.15) is 16.1 Å². The summed E-state index contributed by atoms with van der Waals surface area (Å²) in [7, 11) is 2.85. The molecular formula is C17H17BrN2O3. The summed E-state index contributed by atoms with van der Waals surface area (Å²) in [5.41, 5.74) is 2.83. The van der Waals surface area contributed by atoms with E-state index in [0.717, 1.165) is 15.7 Å². The van der Waals surface area contributed by atoms with Crippen LogP contribution in [0.5, 0.6) is 0 Å². The van der Waals surface area contributed by atoms with E-state index in [-0.39, 0.29) is 12.5 Å². The Morgan fingerprint density at radius 1 is 1.26 bits per heavy atom. The third kappa shape index (κ3) is 4.16. The molecule has 2 aromatic rings. The molecule has 23 heavy (non-hydrogen) atoms. The number of benzene rings is 1. The quantitative estimate of drug-likeness (QED) is 0.769. The Bertz CT molecular complexity index is 746. The molecule has 0 radical (unpaired) electrons. The van der Waals surface area contributed by atoms with E-state index in [0.29, 0.717) is 11.3 Å². The zero-order chi connectivity index (χ0) is 17.0. The van der Waals surface area contributed by atoms with Crippen molar-refractivity contribution in [3.05, 3.63) is 52.1 Å². The van der Waals surface area contributed by atoms with Gasteiger partial charge in [-0.3, -0.25) is 14.6 Å². The fraction of sp³-hybridized carbons (Fsp3) is 0.235. The van der Waals surface area contributed by atoms with Gasteiger partial charge in [-0.2, -0.15) is 0 Å². The van der Waals surface area contributed by atoms with Gasteiger partial charge in [-0.1, -0.05) is 28.1 Å². The molecule has 0 saturated carbocycles. The monoisotopic (exact) mass is 376 g/mol. The summed E-state index contributed by atoms with van der Waals surface area (Å²) in [5, 5.41) is 0. The number of nitrogens with zero attached hydrogens (tertiary/aromatic N) is 2. The van der Waals surface area contributed by atoms with Gasteiger partial charge in [0.05, 0.1) is 24.1 Å². The zero-order valence-corrected chi connectivity index (χ0v) is 14.8. The van der Waals surface area contributed by atoms with Gasteiger partial charge in [-0.05, 0) is 31.2 Å². The van der Waals surface area contributed by atoms with Gasteiger partial charge in [0, 0.05) is 17.1 Å². The Labute approximate surface area is 143 Å². The van der Waals surface area contributed by atoms with Crippen molar-refractivity contribution >= 4 is 27.8 Å². The highest BCUT2D eigenvalue weighted by Crippen LogP contribution is 2.22. The molecule has 1 heterocycles. The minimum absolute atomic E-state index is 0.0951. The predicted molar refractivity (Wildman–Crippen MR) is 91.1 cm³/mol. The summed E-state index contributed by atoms with van der Waals surface area (Å²) in [6.07, 6.45) is 0. The van der Waals surface area contributed by atoms with Gasteiger partial charge in [-0.25, -0.2) is 0 Å². The summed E-state index contributed by atoms with van der Waals surface area (Å²) < 4.78 is 5.54. The molecule has 0 fully saturated rings. The van der Waals surface area contributed by atoms with Crippen LogP contribution in [0.25, 0.3) is 11.3 Å². The molecular weight excluding hydrogens is 360 g/mol. The average Bonchev–Trinajstić information content (AvgIpc) is 2.53. The Morgan fingerprint density at radius 2 is 2.00 bits per heavy atom. The lowest BCUT2D eigenvalue weighted by molar-refractivity contribution is -0.141. The van der Waals surface area contributed by atoms with Gasteiger partial charge < -0.3 is 9.64 Å². The maximum Gasteiger partial charge on any atom is 0.325 e. The summed E-state index contributed by atoms with van der Waals surface area (Å²) >= 11 is 3.43. The van der Waals surface area contributed by atoms with E-state index in [2.05, 4.69) is 25.7 Å². The van der Waals surface area contributed by atoms with Gasteiger partial charge in [-0.15, -0.1) is 0 Å². The van der Waals surface area contributed by atoms with Crippen molar-refractivity contribution in [2.75, 3.05) is 20.7 Å². The van der Waals surface area contributed by atoms with E-state index in [1.54, 1.807) is 26.1 Å². The van der Waals surface area contributed by atoms with Gasteiger partial charge in [0.15, 0.2) is 0 Å². The molecule has 0 saturated heterocycles. The Hall–Kier alpha value is -2.21. The van der Waals surface area contributed by atoms with Crippen LogP contribution < -0.4 is 0 Å². The zero-order valence-electron chi connectivity index (χ0n) is 13.2. The number of rotatable bonds is 4. The van der Waals surface area contributed by atoms with E-state index in [1.807, 2.05) is 24.3 Å². The highest BCUT2D eigenvalue weighted by molar-refractivity contribution is 9.10. The fourth-order valence-electron chi connectivity index (χ4n) is 2.13. The summed E-state index contributed by atoms with van der Waals surface area (Å²) in [4.78, 5) is 29.5. The normalized spacial score (nSPS) is 10.3. The Morgan fingerprint density at radius 3 is 2.61 bits per heavy atom. The second kappa shape index (κ2) is 7.37. The molecule has 6 heteroatoms. The number of aromatic nitrogens is 1. The number of aryl methyl sites for hydroxylation is 1. The Balaban J connectivity index is 2.25. The number of hydrogen-bond acceptors (Lipinski definition) is 4. The number of ether oxygens (including phenoxy) is 1. The van der Waals surface area contributed by atoms with E-state index in [4.69, 9.17) is 0 Å². The van der Waals surface area contributed by atoms with Crippen LogP contribution in [0, 0.1) is 6.92 Å². The minimum atomic E-state index is -0.461. The lowest BCUT2D eigenvalue weighted by atomic mass is 10.1. The molecule has 0 bridgehead atoms. The molecule has 120 valence electrons. The number of hydrogen-bond donors (Lipinski definition) is 0. The standard InChI is InChI=1S/C17H17BrN2O3/c1-11-14(17(22)20(2)10-16(21)23-3)7-8-15(19-11)12-5-4-6-13(18)9-12/h4-9H,10H2,1-3H3. The molecule has 1 aromatic carbocycles. The average molecular weight is 377 g/mol. The molecule has 1 aromatic heterocycles. The first-order chi connectivity index (χ1) is 10.9. The third-order valence-corrected chi connectivity index (χ3v) is 3.87. The highest BCUT2D eigenvalue weighted by Gasteiger charge is 2.18. The van der Waals surface area contributed by atoms with Crippen LogP contribution >= 0.6 is 15.9 Å². The first kappa shape index (κ1) is 17.1. The van der Waals surface area contributed by atoms with Crippen LogP contribution in [0.4, 0.5) is 0 Å². The van der Waals surface area contributed by atoms with E-state index in [9.17, 15) is 9.59 Å². The largest absolute Gasteiger partial charge is 0.468 e. The van der Waals surface area contributed by atoms with Crippen molar-refractivity contribution in [3.63, 3.8) is 0 Å². The van der Waals surface area contributed by atoms with Crippen molar-refractivity contribution in [3.8, 4) is 11.3 Å². The lowest BCUT2D eigenvalue weighted by Crippen LogP contribution is -2.33. The smallest absolute Gasteiger partial charge is 0.325 e. The number of likely N-dealkylation sites (N-methyl/N-ethyl adjacent to an activating group) is 1. The maximum absolute atomic E-state index is 12.4. The molecule has 5 nitrogen and oxygen atoms in total. The number of halogens is 1. The van der Waals surface area contributed by atoms with Gasteiger partial charge in [0.1, 0.15) is 6.54 Å². The maximum atomic E-state index is 12.4. The summed E-state index contributed by atoms with van der Waals surface area (Å²) in [5.74, 6) is -0.724. The molecule has 0 atom stereocenters. The molecule has 0 N–H and O–H groups in total. The number of carbonyl (C=O) groups excluding carboxylic acids is 2. The van der Waals surface area contributed by atoms with Crippen LogP contribution in [-0.2, 0) is 9.53 Å². The molecule has 0 unspecified atom stereocenters. The van der Waals surface area contributed by atoms with Crippen molar-refractivity contribution in [1.82, 2.24) is 9.88 Å². The fourth-order valence-corrected chi connectivity index (χ4v) is 2.53. The highest BCUT2D eigenvalue weighted by atomic mass is 79.9. The molecule has 0 aliphatic carbocycles. The lowest BCUT2D eigenvalue weighted by Gasteiger charge is -2.17. The molecule has 2 rings (SSSR count). The van der Waals surface area contributed by atoms with Crippen molar-refractivity contribution < 1.29 is 14.3 Å². The first-order valence-electron chi connectivity index (χ1n) is 6.98. The molecule has 0 spiro atoms. The second-order valence-corrected chi connectivity index (χ2v) is 5.99. The minimum Gasteiger partial charge on any atom is -0.468 e. The SMILES string of the molecule is COC(=O)CN(C)C(=O)c1ccc(-c2cccc(Br)c2)nc1C. The van der Waals surface area contributed by atoms with E-state index >= 15 is 0 Å². The van der Waals surface area contributed by atoms with Gasteiger partial charge in [0.2, 0.25) is 0 Å². The van der Waals surface area contributed by atoms with Crippen LogP contribution in [0.15, 0.2) is 40.9 Å². The predicted octanol–water partition coefficient (Wildman–Crippen LogP) is 3.06. The van der Waals surface area contributed by atoms with Crippen molar-refractivity contribution in [1.29, 1.82) is 0 Å². The first-order valence-corrected chi connectivity index (χ1v) is 7.77. The van der Waals surface area contributed by atoms with Crippen LogP contribution in [0.2, 0.25) is 0 Å². The van der Waals surface area contributed by atoms with E-state index < -0.39 is 5.97 Å². The van der Waals surface area contributed by atoms with Crippen molar-refractivity contribution in [2.24, 2.45) is 0 Å². The number of pyridine rings is 1. The summed E-state index contributed by atoms with van der Waals surface area (Å²) in [6, 6.07) is 11.3. The number of amides is 1. The third-order valence-electron chi connectivity index (χ3n) is 3.38. The number of methoxy groups -OCH3 is 1. The second-order valence-electron chi connectivity index (χ2n) is 5.08. The Kier molecular flexibility index (Phi) is 5.50. The van der Waals surface area contributed by atoms with Crippen molar-refractivity contribution in [2.45, 2.75) is 6.92 Å². The molecule has 0 aliphatic heterocycles. The topological polar surface area (TPSA) is 59.5 Å². The molecule has 1 amide bonds.